The average molecular weight is 1150 g/mol. The van der Waals surface area contributed by atoms with Crippen LogP contribution in [-0.4, -0.2) is 60.6 Å². The Labute approximate surface area is 510 Å². The summed E-state index contributed by atoms with van der Waals surface area (Å²) in [6, 6.07) is 17.0. The molecule has 2 bridgehead atoms. The van der Waals surface area contributed by atoms with Gasteiger partial charge in [-0.25, -0.2) is 9.59 Å². The fourth-order valence-electron chi connectivity index (χ4n) is 6.74. The molecule has 3 unspecified atom stereocenters. The number of hydrogen-bond donors (Lipinski definition) is 2. The Kier molecular flexibility index (Phi) is 31.2. The Morgan fingerprint density at radius 1 is 0.459 bits per heavy atom. The van der Waals surface area contributed by atoms with Gasteiger partial charge in [0.2, 0.25) is 0 Å². The van der Waals surface area contributed by atoms with E-state index < -0.39 is 5.97 Å². The summed E-state index contributed by atoms with van der Waals surface area (Å²) in [6.45, 7) is 8.50. The molecule has 5 heterocycles. The zero-order valence-corrected chi connectivity index (χ0v) is 48.4. The van der Waals surface area contributed by atoms with Gasteiger partial charge in [-0.1, -0.05) is 36.0 Å². The highest BCUT2D eigenvalue weighted by atomic mass is 32.1. The summed E-state index contributed by atoms with van der Waals surface area (Å²) < 4.78 is 4.63. The largest absolute Gasteiger partial charge is 0.478 e. The molecule has 2 N–H and O–H groups in total. The van der Waals surface area contributed by atoms with Crippen LogP contribution in [0.4, 0.5) is 0 Å². The number of aromatic carboxylic acids is 1. The minimum atomic E-state index is -0.872. The predicted octanol–water partition coefficient (Wildman–Crippen LogP) is 9.35. The molecule has 1 amide bonds. The maximum absolute atomic E-state index is 12.3. The topological polar surface area (TPSA) is 95.9 Å². The van der Waals surface area contributed by atoms with Gasteiger partial charge in [-0.2, -0.15) is 34.0 Å². The number of thiophene rings is 3. The van der Waals surface area contributed by atoms with Gasteiger partial charge in [0.25, 0.3) is 5.91 Å². The van der Waals surface area contributed by atoms with Gasteiger partial charge < -0.3 is 20.1 Å². The van der Waals surface area contributed by atoms with Crippen LogP contribution in [0.25, 0.3) is 32.3 Å². The third-order valence-electron chi connectivity index (χ3n) is 10.4. The maximum Gasteiger partial charge on any atom is 0.337 e. The first-order valence-electron chi connectivity index (χ1n) is 24.6. The van der Waals surface area contributed by atoms with E-state index in [0.717, 1.165) is 45.6 Å². The second-order valence-electron chi connectivity index (χ2n) is 15.9. The van der Waals surface area contributed by atoms with Crippen molar-refractivity contribution in [2.24, 2.45) is 5.92 Å². The summed E-state index contributed by atoms with van der Waals surface area (Å²) in [5, 5.41) is 30.8. The Morgan fingerprint density at radius 2 is 0.776 bits per heavy atom. The van der Waals surface area contributed by atoms with E-state index in [-0.39, 0.29) is 11.9 Å². The van der Waals surface area contributed by atoms with Crippen molar-refractivity contribution in [2.75, 3.05) is 26.7 Å². The van der Waals surface area contributed by atoms with E-state index >= 15 is 0 Å². The lowest BCUT2D eigenvalue weighted by Gasteiger charge is -2.23. The van der Waals surface area contributed by atoms with Crippen molar-refractivity contribution >= 4 is 84.2 Å². The fraction of sp³-hybridized carbons (Fsp3) is 0.133. The Hall–Kier alpha value is -12.5. The predicted molar refractivity (Wildman–Crippen MR) is 345 cm³/mol. The summed E-state index contributed by atoms with van der Waals surface area (Å²) in [6.07, 6.45) is 6.13. The molecule has 2 aliphatic rings. The number of carbonyl (C=O) groups is 3. The van der Waals surface area contributed by atoms with E-state index in [1.165, 1.54) is 25.5 Å². The van der Waals surface area contributed by atoms with Crippen molar-refractivity contribution < 1.29 is 24.2 Å². The molecule has 3 atom stereocenters. The van der Waals surface area contributed by atoms with Crippen LogP contribution < -0.4 is 5.32 Å². The van der Waals surface area contributed by atoms with Crippen LogP contribution in [0.15, 0.2) is 86.9 Å². The van der Waals surface area contributed by atoms with E-state index in [4.69, 9.17) is 11.5 Å². The first-order chi connectivity index (χ1) is 41.7. The first kappa shape index (κ1) is 65.1. The summed E-state index contributed by atoms with van der Waals surface area (Å²) >= 11 is 4.89. The SMILES string of the molecule is C#CC#CC#CC#CC#CC#CC#CC#CC#CC#CC.CC#CC#CC#CC#CC#CC#CC#CC#CC#CC.COC(=O)c1ccc2cscc2c1.O=C(NC1CN2CCC1C2)c1ccc2cscc2c1.O=C(O)c1ccc2cscc2c1. The number of benzene rings is 3. The lowest BCUT2D eigenvalue weighted by atomic mass is 9.99. The number of fused-ring (bicyclic) bond motifs is 5. The average Bonchev–Trinajstić information content (AvgIpc) is 4.53. The second kappa shape index (κ2) is 40.7. The number of methoxy groups -OCH3 is 1. The van der Waals surface area contributed by atoms with E-state index in [2.05, 4.69) is 250 Å². The highest BCUT2D eigenvalue weighted by molar-refractivity contribution is 7.10. The lowest BCUT2D eigenvalue weighted by molar-refractivity contribution is 0.0599. The van der Waals surface area contributed by atoms with E-state index in [1.54, 1.807) is 73.0 Å². The number of ether oxygens (including phenoxy) is 1. The van der Waals surface area contributed by atoms with Crippen LogP contribution in [0.2, 0.25) is 0 Å². The molecular formula is C75H40N2O5S3. The number of esters is 1. The minimum Gasteiger partial charge on any atom is -0.478 e. The Morgan fingerprint density at radius 3 is 1.09 bits per heavy atom. The molecule has 85 heavy (non-hydrogen) atoms. The molecule has 2 aliphatic heterocycles. The van der Waals surface area contributed by atoms with E-state index in [1.807, 2.05) is 52.5 Å². The van der Waals surface area contributed by atoms with Gasteiger partial charge in [-0.05, 0) is 330 Å². The zero-order chi connectivity index (χ0) is 60.8. The normalized spacial score (nSPS) is 11.4. The number of terminal acetylenes is 1. The molecule has 0 saturated carbocycles. The van der Waals surface area contributed by atoms with Gasteiger partial charge in [-0.3, -0.25) is 4.79 Å². The Bertz CT molecular complexity index is 4720. The van der Waals surface area contributed by atoms with Crippen LogP contribution in [0.1, 0.15) is 58.3 Å². The molecule has 3 aromatic heterocycles. The minimum absolute atomic E-state index is 0.0758. The molecule has 0 spiro atoms. The number of hydrogen-bond acceptors (Lipinski definition) is 8. The van der Waals surface area contributed by atoms with Crippen LogP contribution in [-0.2, 0) is 4.74 Å². The molecule has 2 saturated heterocycles. The smallest absolute Gasteiger partial charge is 0.337 e. The van der Waals surface area contributed by atoms with Gasteiger partial charge in [0.05, 0.1) is 18.2 Å². The molecule has 0 radical (unpaired) electrons. The zero-order valence-electron chi connectivity index (χ0n) is 46.0. The molecule has 0 aliphatic carbocycles. The summed E-state index contributed by atoms with van der Waals surface area (Å²) in [7, 11) is 1.39. The standard InChI is InChI=1S/C21H4.C20H6.C15H16N2OS.C10H8O2S.C9H6O2S/c1-3-5-7-9-11-13-15-17-19-21-20-18-16-14-12-10-8-6-4-2;1-3-5-7-9-11-13-15-17-19-20-18-16-14-12-10-8-6-4-2;18-15(16-14-7-17-4-3-11(14)6-17)10-1-2-12-8-19-9-13(12)5-10;1-12-10(11)7-2-3-8-5-13-6-9(8)4-7;10-9(11)6-1-2-7-4-12-5-8(7)3-6/h1H,2H3;1-2H3;1-2,5,8-9,11,14H,3-4,6-7H2,(H,16,18);2-6H,1H3;1-5H,(H,10,11). The van der Waals surface area contributed by atoms with E-state index in [0.29, 0.717) is 23.1 Å². The highest BCUT2D eigenvalue weighted by Gasteiger charge is 2.38. The molecule has 10 heteroatoms. The van der Waals surface area contributed by atoms with Crippen LogP contribution in [0, 0.1) is 231 Å². The molecule has 6 aromatic rings. The van der Waals surface area contributed by atoms with Crippen molar-refractivity contribution in [1.29, 1.82) is 0 Å². The van der Waals surface area contributed by atoms with Crippen LogP contribution in [0.5, 0.6) is 0 Å². The summed E-state index contributed by atoms with van der Waals surface area (Å²) in [5.74, 6) is 92.1. The fourth-order valence-corrected chi connectivity index (χ4v) is 9.08. The highest BCUT2D eigenvalue weighted by Crippen LogP contribution is 2.28. The van der Waals surface area contributed by atoms with Crippen LogP contribution >= 0.6 is 34.0 Å². The van der Waals surface area contributed by atoms with Gasteiger partial charge in [0, 0.05) is 36.5 Å². The molecule has 7 nitrogen and oxygen atoms in total. The van der Waals surface area contributed by atoms with Gasteiger partial charge in [0.1, 0.15) is 0 Å². The number of amides is 1. The molecule has 2 fully saturated rings. The number of carbonyl (C=O) groups excluding carboxylic acids is 2. The number of nitrogens with zero attached hydrogens (tertiary/aromatic N) is 1. The van der Waals surface area contributed by atoms with Crippen LogP contribution in [0.3, 0.4) is 0 Å². The number of rotatable bonds is 4. The number of nitrogens with one attached hydrogen (secondary N) is 1. The second-order valence-corrected chi connectivity index (χ2v) is 18.1. The Balaban J connectivity index is 0.000000231. The van der Waals surface area contributed by atoms with Crippen molar-refractivity contribution in [1.82, 2.24) is 10.2 Å². The van der Waals surface area contributed by atoms with E-state index in [9.17, 15) is 14.4 Å². The number of carboxylic acid groups (broad SMARTS) is 1. The van der Waals surface area contributed by atoms with Gasteiger partial charge in [0.15, 0.2) is 0 Å². The third kappa shape index (κ3) is 26.4. The summed E-state index contributed by atoms with van der Waals surface area (Å²) in [4.78, 5) is 36.5. The molecule has 8 rings (SSSR count). The number of carboxylic acids is 1. The van der Waals surface area contributed by atoms with Crippen molar-refractivity contribution in [3.05, 3.63) is 104 Å². The molecule has 398 valence electrons. The van der Waals surface area contributed by atoms with Crippen molar-refractivity contribution in [3.63, 3.8) is 0 Å². The molecule has 3 aromatic carbocycles. The van der Waals surface area contributed by atoms with Crippen molar-refractivity contribution in [3.8, 4) is 225 Å². The lowest BCUT2D eigenvalue weighted by Crippen LogP contribution is -2.43. The number of piperidine rings is 1. The van der Waals surface area contributed by atoms with Gasteiger partial charge >= 0.3 is 11.9 Å². The van der Waals surface area contributed by atoms with Gasteiger partial charge in [-0.15, -0.1) is 6.42 Å². The van der Waals surface area contributed by atoms with Crippen molar-refractivity contribution in [2.45, 2.75) is 33.2 Å². The molecular weight excluding hydrogens is 1110 g/mol. The summed E-state index contributed by atoms with van der Waals surface area (Å²) in [5.41, 5.74) is 1.73. The first-order valence-corrected chi connectivity index (χ1v) is 27.5. The third-order valence-corrected chi connectivity index (χ3v) is 12.7. The maximum atomic E-state index is 12.3. The monoisotopic (exact) mass is 1140 g/mol. The quantitative estimate of drug-likeness (QED) is 0.135.